The highest BCUT2D eigenvalue weighted by molar-refractivity contribution is 5.56. The van der Waals surface area contributed by atoms with Gasteiger partial charge in [0.2, 0.25) is 5.56 Å². The molecule has 0 unspecified atom stereocenters. The molecule has 0 radical (unpaired) electrons. The van der Waals surface area contributed by atoms with Crippen LogP contribution in [-0.2, 0) is 7.05 Å². The van der Waals surface area contributed by atoms with Crippen molar-refractivity contribution in [3.63, 3.8) is 0 Å². The van der Waals surface area contributed by atoms with Crippen LogP contribution in [0.1, 0.15) is 38.3 Å². The first-order valence-electron chi connectivity index (χ1n) is 8.29. The molecular weight excluding hydrogens is 288 g/mol. The maximum atomic E-state index is 11.5. The number of pyridine rings is 1. The van der Waals surface area contributed by atoms with E-state index in [2.05, 4.69) is 35.0 Å². The van der Waals surface area contributed by atoms with Gasteiger partial charge in [-0.1, -0.05) is 0 Å². The molecule has 23 heavy (non-hydrogen) atoms. The van der Waals surface area contributed by atoms with Gasteiger partial charge in [0.25, 0.3) is 0 Å². The summed E-state index contributed by atoms with van der Waals surface area (Å²) in [6, 6.07) is 8.08. The molecule has 3 rings (SSSR count). The number of piperidine rings is 1. The summed E-state index contributed by atoms with van der Waals surface area (Å²) in [5.41, 5.74) is 2.79. The first-order valence-corrected chi connectivity index (χ1v) is 8.29. The van der Waals surface area contributed by atoms with E-state index in [4.69, 9.17) is 0 Å². The lowest BCUT2D eigenvalue weighted by molar-refractivity contribution is 0.170. The van der Waals surface area contributed by atoms with Gasteiger partial charge in [-0.05, 0) is 58.0 Å². The second-order valence-electron chi connectivity index (χ2n) is 6.61. The van der Waals surface area contributed by atoms with Crippen LogP contribution in [0.2, 0.25) is 0 Å². The molecule has 0 bridgehead atoms. The van der Waals surface area contributed by atoms with Gasteiger partial charge in [-0.25, -0.2) is 0 Å². The van der Waals surface area contributed by atoms with Crippen molar-refractivity contribution in [2.75, 3.05) is 13.1 Å². The number of aromatic nitrogens is 3. The lowest BCUT2D eigenvalue weighted by Crippen LogP contribution is -2.38. The molecule has 3 heterocycles. The number of hydrogen-bond acceptors (Lipinski definition) is 4. The Morgan fingerprint density at radius 3 is 2.39 bits per heavy atom. The molecule has 0 amide bonds. The molecule has 1 fully saturated rings. The summed E-state index contributed by atoms with van der Waals surface area (Å²) in [6.45, 7) is 6.77. The van der Waals surface area contributed by atoms with Gasteiger partial charge < -0.3 is 9.47 Å². The Bertz CT molecular complexity index is 713. The average Bonchev–Trinajstić information content (AvgIpc) is 2.57. The van der Waals surface area contributed by atoms with Crippen molar-refractivity contribution < 1.29 is 0 Å². The van der Waals surface area contributed by atoms with Crippen LogP contribution in [-0.4, -0.2) is 38.8 Å². The van der Waals surface area contributed by atoms with Crippen LogP contribution >= 0.6 is 0 Å². The standard InChI is InChI=1S/C18H24N4O/c1-13(2)22-10-8-14(9-11-22)16-5-6-17(20-19-16)15-4-7-18(23)21(3)12-15/h4-7,12-14H,8-11H2,1-3H3. The highest BCUT2D eigenvalue weighted by atomic mass is 16.1. The summed E-state index contributed by atoms with van der Waals surface area (Å²) in [5, 5.41) is 8.81. The predicted molar refractivity (Wildman–Crippen MR) is 91.4 cm³/mol. The summed E-state index contributed by atoms with van der Waals surface area (Å²) in [4.78, 5) is 14.0. The van der Waals surface area contributed by atoms with Gasteiger partial charge in [-0.3, -0.25) is 4.79 Å². The van der Waals surface area contributed by atoms with E-state index in [0.717, 1.165) is 42.9 Å². The molecule has 0 saturated carbocycles. The Hall–Kier alpha value is -2.01. The average molecular weight is 312 g/mol. The molecule has 0 spiro atoms. The third kappa shape index (κ3) is 3.50. The molecule has 1 saturated heterocycles. The Balaban J connectivity index is 1.72. The fourth-order valence-corrected chi connectivity index (χ4v) is 3.17. The van der Waals surface area contributed by atoms with Crippen LogP contribution in [0, 0.1) is 0 Å². The van der Waals surface area contributed by atoms with Crippen LogP contribution < -0.4 is 5.56 Å². The monoisotopic (exact) mass is 312 g/mol. The number of aryl methyl sites for hydroxylation is 1. The van der Waals surface area contributed by atoms with E-state index in [1.54, 1.807) is 29.9 Å². The first kappa shape index (κ1) is 15.9. The van der Waals surface area contributed by atoms with Crippen molar-refractivity contribution in [2.24, 2.45) is 7.05 Å². The zero-order valence-corrected chi connectivity index (χ0v) is 14.1. The zero-order valence-electron chi connectivity index (χ0n) is 14.1. The largest absolute Gasteiger partial charge is 0.318 e. The minimum Gasteiger partial charge on any atom is -0.318 e. The molecule has 122 valence electrons. The highest BCUT2D eigenvalue weighted by Gasteiger charge is 2.23. The van der Waals surface area contributed by atoms with Crippen LogP contribution in [0.15, 0.2) is 35.3 Å². The van der Waals surface area contributed by atoms with Gasteiger partial charge in [-0.15, -0.1) is 0 Å². The van der Waals surface area contributed by atoms with Crippen LogP contribution in [0.25, 0.3) is 11.3 Å². The van der Waals surface area contributed by atoms with Crippen LogP contribution in [0.5, 0.6) is 0 Å². The predicted octanol–water partition coefficient (Wildman–Crippen LogP) is 2.43. The van der Waals surface area contributed by atoms with Crippen molar-refractivity contribution in [3.05, 3.63) is 46.5 Å². The van der Waals surface area contributed by atoms with Crippen LogP contribution in [0.4, 0.5) is 0 Å². The summed E-state index contributed by atoms with van der Waals surface area (Å²) >= 11 is 0. The van der Waals surface area contributed by atoms with Crippen molar-refractivity contribution in [1.29, 1.82) is 0 Å². The maximum absolute atomic E-state index is 11.5. The second kappa shape index (κ2) is 6.62. The molecular formula is C18H24N4O. The van der Waals surface area contributed by atoms with E-state index >= 15 is 0 Å². The van der Waals surface area contributed by atoms with Crippen molar-refractivity contribution >= 4 is 0 Å². The molecule has 0 N–H and O–H groups in total. The molecule has 2 aromatic heterocycles. The quantitative estimate of drug-likeness (QED) is 0.873. The molecule has 5 nitrogen and oxygen atoms in total. The van der Waals surface area contributed by atoms with Gasteiger partial charge in [0, 0.05) is 36.8 Å². The van der Waals surface area contributed by atoms with E-state index in [1.165, 1.54) is 0 Å². The summed E-state index contributed by atoms with van der Waals surface area (Å²) < 4.78 is 1.56. The number of likely N-dealkylation sites (tertiary alicyclic amines) is 1. The molecule has 0 aliphatic carbocycles. The normalized spacial score (nSPS) is 16.9. The van der Waals surface area contributed by atoms with E-state index in [9.17, 15) is 4.79 Å². The Kier molecular flexibility index (Phi) is 4.57. The SMILES string of the molecule is CC(C)N1CCC(c2ccc(-c3ccc(=O)n(C)c3)nn2)CC1. The second-order valence-corrected chi connectivity index (χ2v) is 6.61. The fourth-order valence-electron chi connectivity index (χ4n) is 3.17. The van der Waals surface area contributed by atoms with Crippen LogP contribution in [0.3, 0.4) is 0 Å². The number of nitrogens with zero attached hydrogens (tertiary/aromatic N) is 4. The molecule has 5 heteroatoms. The Morgan fingerprint density at radius 2 is 1.83 bits per heavy atom. The Morgan fingerprint density at radius 1 is 1.09 bits per heavy atom. The van der Waals surface area contributed by atoms with Crippen molar-refractivity contribution in [2.45, 2.75) is 38.6 Å². The third-order valence-electron chi connectivity index (χ3n) is 4.74. The van der Waals surface area contributed by atoms with Gasteiger partial charge in [0.1, 0.15) is 0 Å². The van der Waals surface area contributed by atoms with Crippen molar-refractivity contribution in [3.8, 4) is 11.3 Å². The smallest absolute Gasteiger partial charge is 0.250 e. The number of rotatable bonds is 3. The fraction of sp³-hybridized carbons (Fsp3) is 0.500. The molecule has 0 atom stereocenters. The lowest BCUT2D eigenvalue weighted by Gasteiger charge is -2.34. The summed E-state index contributed by atoms with van der Waals surface area (Å²) in [7, 11) is 1.75. The number of hydrogen-bond donors (Lipinski definition) is 0. The third-order valence-corrected chi connectivity index (χ3v) is 4.74. The molecule has 1 aliphatic rings. The first-order chi connectivity index (χ1) is 11.0. The van der Waals surface area contributed by atoms with E-state index < -0.39 is 0 Å². The van der Waals surface area contributed by atoms with Gasteiger partial charge >= 0.3 is 0 Å². The van der Waals surface area contributed by atoms with E-state index in [0.29, 0.717) is 12.0 Å². The topological polar surface area (TPSA) is 51.0 Å². The molecule has 2 aromatic rings. The minimum absolute atomic E-state index is 0.0183. The van der Waals surface area contributed by atoms with Gasteiger partial charge in [0.05, 0.1) is 11.4 Å². The molecule has 0 aromatic carbocycles. The van der Waals surface area contributed by atoms with Gasteiger partial charge in [0.15, 0.2) is 0 Å². The summed E-state index contributed by atoms with van der Waals surface area (Å²) in [5.74, 6) is 0.506. The van der Waals surface area contributed by atoms with E-state index in [-0.39, 0.29) is 5.56 Å². The summed E-state index contributed by atoms with van der Waals surface area (Å²) in [6.07, 6.45) is 4.09. The van der Waals surface area contributed by atoms with E-state index in [1.807, 2.05) is 6.07 Å². The van der Waals surface area contributed by atoms with Gasteiger partial charge in [-0.2, -0.15) is 10.2 Å². The minimum atomic E-state index is -0.0183. The zero-order chi connectivity index (χ0) is 16.4. The highest BCUT2D eigenvalue weighted by Crippen LogP contribution is 2.27. The maximum Gasteiger partial charge on any atom is 0.250 e. The van der Waals surface area contributed by atoms with Crippen molar-refractivity contribution in [1.82, 2.24) is 19.7 Å². The lowest BCUT2D eigenvalue weighted by atomic mass is 9.92. The Labute approximate surface area is 137 Å². The molecule has 1 aliphatic heterocycles.